The normalized spacial score (nSPS) is 10.3. The molecule has 2 aromatic heterocycles. The molecule has 0 aliphatic heterocycles. The molecule has 5 nitrogen and oxygen atoms in total. The van der Waals surface area contributed by atoms with Crippen molar-refractivity contribution in [1.82, 2.24) is 9.59 Å². The molecule has 0 spiro atoms. The standard InChI is InChI=1S/C8H6BrN3O2S/c1-4-5(2-6(9)14-4)8(13)11-7-3-10-12-15-7/h2-3H,1H3,(H,11,13). The lowest BCUT2D eigenvalue weighted by molar-refractivity contribution is 0.102. The van der Waals surface area contributed by atoms with E-state index in [1.165, 1.54) is 6.20 Å². The van der Waals surface area contributed by atoms with Crippen LogP contribution < -0.4 is 5.32 Å². The SMILES string of the molecule is Cc1oc(Br)cc1C(=O)Nc1cnns1. The number of hydrogen-bond acceptors (Lipinski definition) is 5. The van der Waals surface area contributed by atoms with Crippen molar-refractivity contribution in [2.24, 2.45) is 0 Å². The van der Waals surface area contributed by atoms with E-state index in [1.807, 2.05) is 0 Å². The van der Waals surface area contributed by atoms with Crippen molar-refractivity contribution < 1.29 is 9.21 Å². The molecule has 1 amide bonds. The van der Waals surface area contributed by atoms with E-state index in [0.717, 1.165) is 11.5 Å². The molecule has 0 aromatic carbocycles. The Morgan fingerprint density at radius 1 is 1.67 bits per heavy atom. The first-order valence-electron chi connectivity index (χ1n) is 4.01. The molecule has 2 rings (SSSR count). The molecule has 0 atom stereocenters. The van der Waals surface area contributed by atoms with Crippen LogP contribution in [0.5, 0.6) is 0 Å². The minimum atomic E-state index is -0.229. The summed E-state index contributed by atoms with van der Waals surface area (Å²) in [7, 11) is 0. The maximum atomic E-state index is 11.7. The molecule has 2 aromatic rings. The van der Waals surface area contributed by atoms with Crippen LogP contribution in [0.15, 0.2) is 21.3 Å². The molecule has 78 valence electrons. The van der Waals surface area contributed by atoms with Crippen molar-refractivity contribution in [3.63, 3.8) is 0 Å². The van der Waals surface area contributed by atoms with Gasteiger partial charge in [0.15, 0.2) is 4.67 Å². The second-order valence-corrected chi connectivity index (χ2v) is 4.32. The van der Waals surface area contributed by atoms with Gasteiger partial charge in [0.1, 0.15) is 10.8 Å². The fourth-order valence-electron chi connectivity index (χ4n) is 1.07. The second kappa shape index (κ2) is 4.11. The average Bonchev–Trinajstić information content (AvgIpc) is 2.75. The van der Waals surface area contributed by atoms with Gasteiger partial charge in [-0.2, -0.15) is 0 Å². The molecule has 0 fully saturated rings. The number of nitrogens with one attached hydrogen (secondary N) is 1. The van der Waals surface area contributed by atoms with Crippen LogP contribution in [-0.2, 0) is 0 Å². The molecular weight excluding hydrogens is 282 g/mol. The highest BCUT2D eigenvalue weighted by molar-refractivity contribution is 9.10. The summed E-state index contributed by atoms with van der Waals surface area (Å²) in [5.41, 5.74) is 0.496. The number of carbonyl (C=O) groups excluding carboxylic acids is 1. The Morgan fingerprint density at radius 2 is 2.47 bits per heavy atom. The minimum Gasteiger partial charge on any atom is -0.454 e. The highest BCUT2D eigenvalue weighted by Gasteiger charge is 2.14. The summed E-state index contributed by atoms with van der Waals surface area (Å²) in [5.74, 6) is 0.338. The Balaban J connectivity index is 2.18. The van der Waals surface area contributed by atoms with Gasteiger partial charge in [0.2, 0.25) is 0 Å². The third-order valence-corrected chi connectivity index (χ3v) is 2.70. The van der Waals surface area contributed by atoms with Gasteiger partial charge in [0.05, 0.1) is 11.8 Å². The smallest absolute Gasteiger partial charge is 0.259 e. The molecule has 0 saturated heterocycles. The molecule has 15 heavy (non-hydrogen) atoms. The topological polar surface area (TPSA) is 68.0 Å². The third-order valence-electron chi connectivity index (χ3n) is 1.73. The lowest BCUT2D eigenvalue weighted by atomic mass is 10.2. The van der Waals surface area contributed by atoms with Crippen LogP contribution in [0.1, 0.15) is 16.1 Å². The fourth-order valence-corrected chi connectivity index (χ4v) is 1.96. The molecule has 0 aliphatic carbocycles. The van der Waals surface area contributed by atoms with Crippen molar-refractivity contribution in [2.45, 2.75) is 6.92 Å². The van der Waals surface area contributed by atoms with Gasteiger partial charge in [0.25, 0.3) is 5.91 Å². The van der Waals surface area contributed by atoms with Gasteiger partial charge in [-0.05, 0) is 22.9 Å². The van der Waals surface area contributed by atoms with E-state index in [2.05, 4.69) is 30.8 Å². The number of aromatic nitrogens is 2. The van der Waals surface area contributed by atoms with Crippen LogP contribution >= 0.6 is 27.5 Å². The molecular formula is C8H6BrN3O2S. The number of furan rings is 1. The van der Waals surface area contributed by atoms with Gasteiger partial charge in [-0.25, -0.2) is 0 Å². The van der Waals surface area contributed by atoms with Gasteiger partial charge in [-0.1, -0.05) is 4.49 Å². The zero-order valence-electron chi connectivity index (χ0n) is 7.65. The molecule has 0 aliphatic rings. The number of aryl methyl sites for hydroxylation is 1. The van der Waals surface area contributed by atoms with E-state index in [1.54, 1.807) is 13.0 Å². The maximum absolute atomic E-state index is 11.7. The van der Waals surface area contributed by atoms with Crippen LogP contribution in [0.25, 0.3) is 0 Å². The van der Waals surface area contributed by atoms with E-state index < -0.39 is 0 Å². The number of amides is 1. The molecule has 0 unspecified atom stereocenters. The number of hydrogen-bond donors (Lipinski definition) is 1. The molecule has 7 heteroatoms. The van der Waals surface area contributed by atoms with Crippen LogP contribution in [0.4, 0.5) is 5.00 Å². The molecule has 2 heterocycles. The predicted octanol–water partition coefficient (Wildman–Crippen LogP) is 2.45. The Bertz CT molecular complexity index is 480. The highest BCUT2D eigenvalue weighted by atomic mass is 79.9. The maximum Gasteiger partial charge on any atom is 0.259 e. The van der Waals surface area contributed by atoms with Gasteiger partial charge in [-0.15, -0.1) is 5.10 Å². The summed E-state index contributed by atoms with van der Waals surface area (Å²) in [6.45, 7) is 1.73. The van der Waals surface area contributed by atoms with Crippen LogP contribution in [0.3, 0.4) is 0 Å². The zero-order chi connectivity index (χ0) is 10.8. The third kappa shape index (κ3) is 2.24. The summed E-state index contributed by atoms with van der Waals surface area (Å²) in [4.78, 5) is 11.7. The molecule has 1 N–H and O–H groups in total. The number of anilines is 1. The number of carbonyl (C=O) groups is 1. The Morgan fingerprint density at radius 3 is 3.00 bits per heavy atom. The number of halogens is 1. The number of rotatable bonds is 2. The number of nitrogens with zero attached hydrogens (tertiary/aromatic N) is 2. The Labute approximate surface area is 97.8 Å². The fraction of sp³-hybridized carbons (Fsp3) is 0.125. The summed E-state index contributed by atoms with van der Waals surface area (Å²) >= 11 is 4.28. The molecule has 0 bridgehead atoms. The summed E-state index contributed by atoms with van der Waals surface area (Å²) in [6.07, 6.45) is 1.49. The van der Waals surface area contributed by atoms with E-state index in [9.17, 15) is 4.79 Å². The van der Waals surface area contributed by atoms with Crippen molar-refractivity contribution in [3.8, 4) is 0 Å². The quantitative estimate of drug-likeness (QED) is 0.921. The van der Waals surface area contributed by atoms with E-state index in [4.69, 9.17) is 4.42 Å². The average molecular weight is 288 g/mol. The van der Waals surface area contributed by atoms with Crippen molar-refractivity contribution in [1.29, 1.82) is 0 Å². The van der Waals surface area contributed by atoms with Crippen LogP contribution in [0.2, 0.25) is 0 Å². The Kier molecular flexibility index (Phi) is 2.83. The van der Waals surface area contributed by atoms with Gasteiger partial charge < -0.3 is 9.73 Å². The van der Waals surface area contributed by atoms with E-state index in [-0.39, 0.29) is 5.91 Å². The highest BCUT2D eigenvalue weighted by Crippen LogP contribution is 2.21. The first-order valence-corrected chi connectivity index (χ1v) is 5.58. The van der Waals surface area contributed by atoms with Crippen molar-refractivity contribution >= 4 is 38.4 Å². The minimum absolute atomic E-state index is 0.229. The lowest BCUT2D eigenvalue weighted by Gasteiger charge is -1.98. The molecule has 0 saturated carbocycles. The summed E-state index contributed by atoms with van der Waals surface area (Å²) < 4.78 is 9.36. The van der Waals surface area contributed by atoms with Crippen molar-refractivity contribution in [3.05, 3.63) is 28.3 Å². The predicted molar refractivity (Wildman–Crippen MR) is 59.0 cm³/mol. The first kappa shape index (κ1) is 10.3. The van der Waals surface area contributed by atoms with Gasteiger partial charge in [0, 0.05) is 17.6 Å². The second-order valence-electron chi connectivity index (χ2n) is 2.76. The van der Waals surface area contributed by atoms with Gasteiger partial charge >= 0.3 is 0 Å². The lowest BCUT2D eigenvalue weighted by Crippen LogP contribution is -2.10. The monoisotopic (exact) mass is 287 g/mol. The van der Waals surface area contributed by atoms with Crippen molar-refractivity contribution in [2.75, 3.05) is 5.32 Å². The van der Waals surface area contributed by atoms with E-state index >= 15 is 0 Å². The zero-order valence-corrected chi connectivity index (χ0v) is 10.1. The van der Waals surface area contributed by atoms with Crippen LogP contribution in [-0.4, -0.2) is 15.5 Å². The van der Waals surface area contributed by atoms with E-state index in [0.29, 0.717) is 21.0 Å². The first-order chi connectivity index (χ1) is 7.16. The molecule has 0 radical (unpaired) electrons. The van der Waals surface area contributed by atoms with Gasteiger partial charge in [-0.3, -0.25) is 4.79 Å². The summed E-state index contributed by atoms with van der Waals surface area (Å²) in [6, 6.07) is 1.62. The largest absolute Gasteiger partial charge is 0.454 e. The Hall–Kier alpha value is -1.21. The van der Waals surface area contributed by atoms with Crippen LogP contribution in [0, 0.1) is 6.92 Å². The summed E-state index contributed by atoms with van der Waals surface area (Å²) in [5, 5.41) is 6.89.